The zero-order chi connectivity index (χ0) is 13.8. The molecule has 1 unspecified atom stereocenters. The Morgan fingerprint density at radius 2 is 2.05 bits per heavy atom. The van der Waals surface area contributed by atoms with Crippen LogP contribution in [0.4, 0.5) is 0 Å². The number of hydrogen-bond donors (Lipinski definition) is 1. The van der Waals surface area contributed by atoms with Crippen LogP contribution in [0.5, 0.6) is 0 Å². The third-order valence-electron chi connectivity index (χ3n) is 3.62. The van der Waals surface area contributed by atoms with Crippen LogP contribution in [0.3, 0.4) is 0 Å². The number of aryl methyl sites for hydroxylation is 1. The summed E-state index contributed by atoms with van der Waals surface area (Å²) in [6, 6.07) is 7.91. The van der Waals surface area contributed by atoms with Crippen molar-refractivity contribution in [3.05, 3.63) is 35.7 Å². The zero-order valence-corrected chi connectivity index (χ0v) is 12.6. The Bertz CT molecular complexity index is 550. The Morgan fingerprint density at radius 3 is 2.71 bits per heavy atom. The van der Waals surface area contributed by atoms with Gasteiger partial charge in [-0.3, -0.25) is 0 Å². The molecule has 0 saturated carbocycles. The number of aromatic nitrogens is 2. The second-order valence-electron chi connectivity index (χ2n) is 5.09. The molecule has 0 aliphatic carbocycles. The Morgan fingerprint density at radius 1 is 1.24 bits per heavy atom. The van der Waals surface area contributed by atoms with E-state index in [4.69, 9.17) is 15.0 Å². The van der Waals surface area contributed by atoms with Gasteiger partial charge in [0.2, 0.25) is 11.7 Å². The third kappa shape index (κ3) is 4.03. The smallest absolute Gasteiger partial charge is 0.227 e. The summed E-state index contributed by atoms with van der Waals surface area (Å²) in [5, 5.41) is 4.03. The normalized spacial score (nSPS) is 17.7. The van der Waals surface area contributed by atoms with Crippen molar-refractivity contribution < 1.29 is 9.26 Å². The number of ether oxygens (including phenoxy) is 1. The number of nitrogens with two attached hydrogens (primary N) is 1. The van der Waals surface area contributed by atoms with E-state index in [9.17, 15) is 0 Å². The lowest BCUT2D eigenvalue weighted by atomic mass is 10.1. The predicted octanol–water partition coefficient (Wildman–Crippen LogP) is 2.73. The lowest BCUT2D eigenvalue weighted by molar-refractivity contribution is 0.102. The van der Waals surface area contributed by atoms with Gasteiger partial charge in [0.05, 0.1) is 6.10 Å². The van der Waals surface area contributed by atoms with Crippen LogP contribution in [0, 0.1) is 0 Å². The highest BCUT2D eigenvalue weighted by atomic mass is 35.5. The summed E-state index contributed by atoms with van der Waals surface area (Å²) in [7, 11) is 0. The van der Waals surface area contributed by atoms with Crippen LogP contribution in [0.1, 0.15) is 30.7 Å². The van der Waals surface area contributed by atoms with Crippen molar-refractivity contribution in [2.45, 2.75) is 38.3 Å². The van der Waals surface area contributed by atoms with E-state index in [-0.39, 0.29) is 12.4 Å². The molecular formula is C15H20ClN3O2. The first-order chi connectivity index (χ1) is 9.85. The molecule has 1 aliphatic heterocycles. The Balaban J connectivity index is 0.00000161. The molecule has 0 bridgehead atoms. The second-order valence-corrected chi connectivity index (χ2v) is 5.09. The quantitative estimate of drug-likeness (QED) is 0.919. The lowest BCUT2D eigenvalue weighted by Crippen LogP contribution is -2.06. The van der Waals surface area contributed by atoms with Gasteiger partial charge in [-0.2, -0.15) is 4.98 Å². The topological polar surface area (TPSA) is 74.2 Å². The van der Waals surface area contributed by atoms with Crippen molar-refractivity contribution >= 4 is 12.4 Å². The van der Waals surface area contributed by atoms with Gasteiger partial charge in [-0.25, -0.2) is 0 Å². The monoisotopic (exact) mass is 309 g/mol. The van der Waals surface area contributed by atoms with Crippen molar-refractivity contribution in [2.24, 2.45) is 5.73 Å². The molecule has 1 saturated heterocycles. The van der Waals surface area contributed by atoms with Gasteiger partial charge in [-0.05, 0) is 24.8 Å². The van der Waals surface area contributed by atoms with Crippen molar-refractivity contribution in [1.29, 1.82) is 0 Å². The van der Waals surface area contributed by atoms with Crippen LogP contribution in [-0.2, 0) is 17.7 Å². The molecule has 1 aliphatic rings. The maximum atomic E-state index is 5.59. The van der Waals surface area contributed by atoms with Crippen LogP contribution >= 0.6 is 12.4 Å². The molecule has 0 radical (unpaired) electrons. The molecule has 2 heterocycles. The molecular weight excluding hydrogens is 290 g/mol. The summed E-state index contributed by atoms with van der Waals surface area (Å²) in [6.45, 7) is 1.42. The highest BCUT2D eigenvalue weighted by molar-refractivity contribution is 5.85. The van der Waals surface area contributed by atoms with Gasteiger partial charge in [-0.15, -0.1) is 12.4 Å². The van der Waals surface area contributed by atoms with E-state index >= 15 is 0 Å². The van der Waals surface area contributed by atoms with Crippen molar-refractivity contribution in [3.63, 3.8) is 0 Å². The number of halogens is 1. The maximum Gasteiger partial charge on any atom is 0.227 e. The number of nitrogens with zero attached hydrogens (tertiary/aromatic N) is 2. The summed E-state index contributed by atoms with van der Waals surface area (Å²) < 4.78 is 10.9. The van der Waals surface area contributed by atoms with Gasteiger partial charge in [0.15, 0.2) is 0 Å². The van der Waals surface area contributed by atoms with E-state index < -0.39 is 0 Å². The molecule has 1 atom stereocenters. The van der Waals surface area contributed by atoms with Gasteiger partial charge in [0.25, 0.3) is 0 Å². The number of hydrogen-bond acceptors (Lipinski definition) is 5. The van der Waals surface area contributed by atoms with Crippen molar-refractivity contribution in [3.8, 4) is 11.4 Å². The van der Waals surface area contributed by atoms with Crippen LogP contribution < -0.4 is 5.73 Å². The van der Waals surface area contributed by atoms with Crippen molar-refractivity contribution in [2.75, 3.05) is 6.61 Å². The summed E-state index contributed by atoms with van der Waals surface area (Å²) in [5.41, 5.74) is 7.63. The van der Waals surface area contributed by atoms with Crippen LogP contribution in [0.15, 0.2) is 28.8 Å². The summed E-state index contributed by atoms with van der Waals surface area (Å²) in [6.07, 6.45) is 4.38. The Labute approximate surface area is 130 Å². The van der Waals surface area contributed by atoms with Gasteiger partial charge in [-0.1, -0.05) is 29.4 Å². The summed E-state index contributed by atoms with van der Waals surface area (Å²) in [4.78, 5) is 4.43. The van der Waals surface area contributed by atoms with E-state index in [1.54, 1.807) is 0 Å². The van der Waals surface area contributed by atoms with E-state index in [0.29, 0.717) is 24.4 Å². The minimum absolute atomic E-state index is 0. The minimum atomic E-state index is 0. The SMILES string of the molecule is Cl.NCc1ccc(-c2noc(CCC3CCCO3)n2)cc1. The van der Waals surface area contributed by atoms with Crippen LogP contribution in [0.25, 0.3) is 11.4 Å². The molecule has 0 amide bonds. The van der Waals surface area contributed by atoms with E-state index in [1.165, 1.54) is 0 Å². The minimum Gasteiger partial charge on any atom is -0.378 e. The Kier molecular flexibility index (Phi) is 5.73. The lowest BCUT2D eigenvalue weighted by Gasteiger charge is -2.05. The first-order valence-corrected chi connectivity index (χ1v) is 7.09. The molecule has 1 aromatic carbocycles. The molecule has 2 aromatic rings. The molecule has 1 aromatic heterocycles. The second kappa shape index (κ2) is 7.54. The largest absolute Gasteiger partial charge is 0.378 e. The third-order valence-corrected chi connectivity index (χ3v) is 3.62. The van der Waals surface area contributed by atoms with Crippen LogP contribution in [-0.4, -0.2) is 22.9 Å². The summed E-state index contributed by atoms with van der Waals surface area (Å²) >= 11 is 0. The molecule has 0 spiro atoms. The molecule has 6 heteroatoms. The van der Waals surface area contributed by atoms with E-state index in [0.717, 1.165) is 43.4 Å². The van der Waals surface area contributed by atoms with Crippen LogP contribution in [0.2, 0.25) is 0 Å². The molecule has 5 nitrogen and oxygen atoms in total. The van der Waals surface area contributed by atoms with E-state index in [2.05, 4.69) is 10.1 Å². The number of rotatable bonds is 5. The molecule has 21 heavy (non-hydrogen) atoms. The van der Waals surface area contributed by atoms with Gasteiger partial charge < -0.3 is 15.0 Å². The highest BCUT2D eigenvalue weighted by Gasteiger charge is 2.17. The van der Waals surface area contributed by atoms with Crippen molar-refractivity contribution in [1.82, 2.24) is 10.1 Å². The fraction of sp³-hybridized carbons (Fsp3) is 0.467. The highest BCUT2D eigenvalue weighted by Crippen LogP contribution is 2.20. The first kappa shape index (κ1) is 15.9. The standard InChI is InChI=1S/C15H19N3O2.ClH/c16-10-11-3-5-12(6-4-11)15-17-14(20-18-15)8-7-13-2-1-9-19-13;/h3-6,13H,1-2,7-10,16H2;1H. The van der Waals surface area contributed by atoms with Gasteiger partial charge in [0, 0.05) is 25.1 Å². The molecule has 2 N–H and O–H groups in total. The fourth-order valence-corrected chi connectivity index (χ4v) is 2.42. The average molecular weight is 310 g/mol. The zero-order valence-electron chi connectivity index (χ0n) is 11.8. The molecule has 114 valence electrons. The molecule has 3 rings (SSSR count). The fourth-order valence-electron chi connectivity index (χ4n) is 2.42. The summed E-state index contributed by atoms with van der Waals surface area (Å²) in [5.74, 6) is 1.31. The maximum absolute atomic E-state index is 5.59. The molecule has 1 fully saturated rings. The number of benzene rings is 1. The average Bonchev–Trinajstić information content (AvgIpc) is 3.17. The Hall–Kier alpha value is -1.43. The van der Waals surface area contributed by atoms with Gasteiger partial charge >= 0.3 is 0 Å². The first-order valence-electron chi connectivity index (χ1n) is 7.09. The van der Waals surface area contributed by atoms with E-state index in [1.807, 2.05) is 24.3 Å². The predicted molar refractivity (Wildman–Crippen MR) is 82.2 cm³/mol. The van der Waals surface area contributed by atoms with Gasteiger partial charge in [0.1, 0.15) is 0 Å².